The van der Waals surface area contributed by atoms with E-state index in [9.17, 15) is 13.2 Å². The van der Waals surface area contributed by atoms with Gasteiger partial charge < -0.3 is 4.90 Å². The Morgan fingerprint density at radius 2 is 1.85 bits per heavy atom. The maximum atomic E-state index is 12.4. The van der Waals surface area contributed by atoms with Crippen molar-refractivity contribution in [3.63, 3.8) is 0 Å². The Labute approximate surface area is 123 Å². The average molecular weight is 318 g/mol. The van der Waals surface area contributed by atoms with Crippen LogP contribution >= 0.6 is 11.6 Å². The molecule has 1 aromatic carbocycles. The predicted octanol–water partition coefficient (Wildman–Crippen LogP) is 0.610. The number of hydrogen-bond acceptors (Lipinski definition) is 3. The second kappa shape index (κ2) is 5.69. The molecule has 110 valence electrons. The van der Waals surface area contributed by atoms with Gasteiger partial charge in [0.2, 0.25) is 0 Å². The minimum atomic E-state index is -3.69. The van der Waals surface area contributed by atoms with Crippen LogP contribution in [0.2, 0.25) is 5.02 Å². The van der Waals surface area contributed by atoms with Crippen LogP contribution in [-0.4, -0.2) is 49.7 Å². The number of benzene rings is 1. The molecule has 8 heteroatoms. The second-order valence-corrected chi connectivity index (χ2v) is 6.60. The van der Waals surface area contributed by atoms with Gasteiger partial charge >= 0.3 is 0 Å². The molecular weight excluding hydrogens is 302 g/mol. The molecule has 0 aromatic heterocycles. The molecule has 0 aliphatic carbocycles. The molecule has 0 unspecified atom stereocenters. The fraction of sp³-hybridized carbons (Fsp3) is 0.417. The van der Waals surface area contributed by atoms with Crippen LogP contribution in [0.25, 0.3) is 0 Å². The van der Waals surface area contributed by atoms with Crippen molar-refractivity contribution in [1.82, 2.24) is 9.21 Å². The van der Waals surface area contributed by atoms with E-state index < -0.39 is 10.2 Å². The van der Waals surface area contributed by atoms with Crippen molar-refractivity contribution >= 4 is 27.7 Å². The number of halogens is 1. The summed E-state index contributed by atoms with van der Waals surface area (Å²) in [5.41, 5.74) is 1.27. The SMILES string of the molecule is Cc1cccc(C(=O)N2CCN(S(N)(=O)=O)CC2)c1Cl. The summed E-state index contributed by atoms with van der Waals surface area (Å²) in [5.74, 6) is -0.187. The third-order valence-corrected chi connectivity index (χ3v) is 4.89. The summed E-state index contributed by atoms with van der Waals surface area (Å²) < 4.78 is 23.6. The van der Waals surface area contributed by atoms with Crippen LogP contribution in [0.15, 0.2) is 18.2 Å². The Kier molecular flexibility index (Phi) is 4.33. The van der Waals surface area contributed by atoms with Gasteiger partial charge in [0.05, 0.1) is 10.6 Å². The summed E-state index contributed by atoms with van der Waals surface area (Å²) in [7, 11) is -3.69. The van der Waals surface area contributed by atoms with E-state index in [-0.39, 0.29) is 19.0 Å². The van der Waals surface area contributed by atoms with Crippen LogP contribution in [-0.2, 0) is 10.2 Å². The van der Waals surface area contributed by atoms with Gasteiger partial charge in [-0.25, -0.2) is 5.14 Å². The van der Waals surface area contributed by atoms with Gasteiger partial charge in [-0.3, -0.25) is 4.79 Å². The monoisotopic (exact) mass is 317 g/mol. The summed E-state index contributed by atoms with van der Waals surface area (Å²) in [6.07, 6.45) is 0. The standard InChI is InChI=1S/C12H16ClN3O3S/c1-9-3-2-4-10(11(9)13)12(17)15-5-7-16(8-6-15)20(14,18)19/h2-4H,5-8H2,1H3,(H2,14,18,19). The van der Waals surface area contributed by atoms with Gasteiger partial charge in [0, 0.05) is 26.2 Å². The maximum absolute atomic E-state index is 12.4. The Hall–Kier alpha value is -1.15. The number of nitrogens with two attached hydrogens (primary N) is 1. The van der Waals surface area contributed by atoms with Gasteiger partial charge in [0.25, 0.3) is 16.1 Å². The van der Waals surface area contributed by atoms with Crippen LogP contribution in [0.4, 0.5) is 0 Å². The Morgan fingerprint density at radius 1 is 1.25 bits per heavy atom. The van der Waals surface area contributed by atoms with Crippen LogP contribution in [0, 0.1) is 6.92 Å². The molecule has 1 heterocycles. The molecule has 20 heavy (non-hydrogen) atoms. The predicted molar refractivity (Wildman–Crippen MR) is 76.8 cm³/mol. The summed E-state index contributed by atoms with van der Waals surface area (Å²) >= 11 is 6.13. The van der Waals surface area contributed by atoms with Crippen molar-refractivity contribution in [2.75, 3.05) is 26.2 Å². The van der Waals surface area contributed by atoms with E-state index in [1.165, 1.54) is 0 Å². The molecule has 0 bridgehead atoms. The smallest absolute Gasteiger partial charge is 0.277 e. The summed E-state index contributed by atoms with van der Waals surface area (Å²) in [6, 6.07) is 5.27. The van der Waals surface area contributed by atoms with Gasteiger partial charge in [-0.05, 0) is 18.6 Å². The van der Waals surface area contributed by atoms with Crippen molar-refractivity contribution in [1.29, 1.82) is 0 Å². The first kappa shape index (κ1) is 15.2. The number of rotatable bonds is 2. The third-order valence-electron chi connectivity index (χ3n) is 3.31. The highest BCUT2D eigenvalue weighted by atomic mass is 35.5. The highest BCUT2D eigenvalue weighted by Gasteiger charge is 2.27. The van der Waals surface area contributed by atoms with E-state index in [4.69, 9.17) is 16.7 Å². The molecule has 6 nitrogen and oxygen atoms in total. The van der Waals surface area contributed by atoms with E-state index in [2.05, 4.69) is 0 Å². The van der Waals surface area contributed by atoms with Crippen molar-refractivity contribution in [3.8, 4) is 0 Å². The van der Waals surface area contributed by atoms with Crippen molar-refractivity contribution < 1.29 is 13.2 Å². The van der Waals surface area contributed by atoms with Crippen molar-refractivity contribution in [2.45, 2.75) is 6.92 Å². The van der Waals surface area contributed by atoms with Crippen LogP contribution in [0.3, 0.4) is 0 Å². The molecule has 1 fully saturated rings. The Bertz CT molecular complexity index is 625. The molecule has 0 atom stereocenters. The summed E-state index contributed by atoms with van der Waals surface area (Å²) in [6.45, 7) is 2.85. The average Bonchev–Trinajstić information content (AvgIpc) is 2.40. The lowest BCUT2D eigenvalue weighted by molar-refractivity contribution is 0.0698. The quantitative estimate of drug-likeness (QED) is 0.867. The lowest BCUT2D eigenvalue weighted by Crippen LogP contribution is -2.52. The van der Waals surface area contributed by atoms with Crippen molar-refractivity contribution in [3.05, 3.63) is 34.3 Å². The lowest BCUT2D eigenvalue weighted by Gasteiger charge is -2.33. The van der Waals surface area contributed by atoms with Gasteiger partial charge in [-0.2, -0.15) is 12.7 Å². The molecular formula is C12H16ClN3O3S. The van der Waals surface area contributed by atoms with E-state index >= 15 is 0 Å². The zero-order valence-electron chi connectivity index (χ0n) is 11.0. The zero-order valence-corrected chi connectivity index (χ0v) is 12.6. The van der Waals surface area contributed by atoms with Crippen LogP contribution < -0.4 is 5.14 Å². The first-order valence-electron chi connectivity index (χ1n) is 6.13. The molecule has 1 amide bonds. The molecule has 2 N–H and O–H groups in total. The number of carbonyl (C=O) groups is 1. The normalized spacial score (nSPS) is 17.2. The van der Waals surface area contributed by atoms with E-state index in [0.717, 1.165) is 9.87 Å². The highest BCUT2D eigenvalue weighted by Crippen LogP contribution is 2.22. The molecule has 1 aromatic rings. The Morgan fingerprint density at radius 3 is 2.40 bits per heavy atom. The van der Waals surface area contributed by atoms with Gasteiger partial charge in [0.1, 0.15) is 0 Å². The lowest BCUT2D eigenvalue weighted by atomic mass is 10.1. The zero-order chi connectivity index (χ0) is 14.9. The molecule has 0 radical (unpaired) electrons. The number of amides is 1. The minimum Gasteiger partial charge on any atom is -0.336 e. The minimum absolute atomic E-state index is 0.187. The maximum Gasteiger partial charge on any atom is 0.277 e. The first-order chi connectivity index (χ1) is 9.30. The number of piperazine rings is 1. The van der Waals surface area contributed by atoms with E-state index in [1.807, 2.05) is 13.0 Å². The van der Waals surface area contributed by atoms with Gasteiger partial charge in [-0.15, -0.1) is 0 Å². The Balaban J connectivity index is 2.11. The van der Waals surface area contributed by atoms with Gasteiger partial charge in [-0.1, -0.05) is 23.7 Å². The van der Waals surface area contributed by atoms with Gasteiger partial charge in [0.15, 0.2) is 0 Å². The molecule has 2 rings (SSSR count). The molecule has 1 aliphatic heterocycles. The molecule has 1 saturated heterocycles. The largest absolute Gasteiger partial charge is 0.336 e. The fourth-order valence-electron chi connectivity index (χ4n) is 2.13. The second-order valence-electron chi connectivity index (χ2n) is 4.67. The van der Waals surface area contributed by atoms with E-state index in [1.54, 1.807) is 17.0 Å². The van der Waals surface area contributed by atoms with E-state index in [0.29, 0.717) is 23.7 Å². The first-order valence-corrected chi connectivity index (χ1v) is 8.01. The van der Waals surface area contributed by atoms with Crippen molar-refractivity contribution in [2.24, 2.45) is 5.14 Å². The fourth-order valence-corrected chi connectivity index (χ4v) is 3.01. The topological polar surface area (TPSA) is 83.7 Å². The van der Waals surface area contributed by atoms with Crippen LogP contribution in [0.1, 0.15) is 15.9 Å². The van der Waals surface area contributed by atoms with Crippen LogP contribution in [0.5, 0.6) is 0 Å². The summed E-state index contributed by atoms with van der Waals surface area (Å²) in [5, 5.41) is 5.50. The number of hydrogen-bond donors (Lipinski definition) is 1. The number of nitrogens with zero attached hydrogens (tertiary/aromatic N) is 2. The highest BCUT2D eigenvalue weighted by molar-refractivity contribution is 7.86. The molecule has 0 saturated carbocycles. The third kappa shape index (κ3) is 3.12. The molecule has 0 spiro atoms. The number of carbonyl (C=O) groups excluding carboxylic acids is 1. The molecule has 1 aliphatic rings. The number of aryl methyl sites for hydroxylation is 1. The summed E-state index contributed by atoms with van der Waals surface area (Å²) in [4.78, 5) is 14.0.